The summed E-state index contributed by atoms with van der Waals surface area (Å²) in [6.07, 6.45) is 4.04. The molecule has 1 aromatic carbocycles. The molecule has 0 unspecified atom stereocenters. The van der Waals surface area contributed by atoms with E-state index in [9.17, 15) is 0 Å². The van der Waals surface area contributed by atoms with E-state index in [4.69, 9.17) is 12.6 Å². The van der Waals surface area contributed by atoms with Crippen molar-refractivity contribution in [1.29, 1.82) is 0 Å². The van der Waals surface area contributed by atoms with Gasteiger partial charge in [-0.05, 0) is 33.3 Å². The van der Waals surface area contributed by atoms with E-state index >= 15 is 0 Å². The topological polar surface area (TPSA) is 17.8 Å². The quantitative estimate of drug-likeness (QED) is 0.579. The van der Waals surface area contributed by atoms with Crippen LogP contribution in [0.4, 0.5) is 0 Å². The van der Waals surface area contributed by atoms with E-state index in [-0.39, 0.29) is 9.49 Å². The summed E-state index contributed by atoms with van der Waals surface area (Å²) in [7, 11) is 3.62. The lowest BCUT2D eigenvalue weighted by Gasteiger charge is -2.36. The van der Waals surface area contributed by atoms with Gasteiger partial charge in [0.2, 0.25) is 0 Å². The van der Waals surface area contributed by atoms with E-state index in [1.807, 2.05) is 27.7 Å². The largest absolute Gasteiger partial charge is 0.267 e. The lowest BCUT2D eigenvalue weighted by molar-refractivity contribution is 0.560. The van der Waals surface area contributed by atoms with Crippen LogP contribution in [0.1, 0.15) is 33.3 Å². The fourth-order valence-electron chi connectivity index (χ4n) is 1.50. The molecule has 0 atom stereocenters. The molecule has 0 spiro atoms. The lowest BCUT2D eigenvalue weighted by atomic mass is 9.98. The Balaban J connectivity index is 1.95. The molecule has 21 heavy (non-hydrogen) atoms. The Labute approximate surface area is 140 Å². The van der Waals surface area contributed by atoms with Gasteiger partial charge in [-0.15, -0.1) is 0 Å². The average Bonchev–Trinajstić information content (AvgIpc) is 2.84. The Morgan fingerprint density at radius 3 is 2.43 bits per heavy atom. The Bertz CT molecular complexity index is 571. The molecule has 2 nitrogen and oxygen atoms in total. The molecule has 0 aliphatic carbocycles. The third-order valence-electron chi connectivity index (χ3n) is 3.62. The van der Waals surface area contributed by atoms with Crippen molar-refractivity contribution >= 4 is 34.2 Å². The molecule has 114 valence electrons. The van der Waals surface area contributed by atoms with Crippen molar-refractivity contribution in [3.05, 3.63) is 48.3 Å². The second-order valence-electron chi connectivity index (χ2n) is 6.10. The second-order valence-corrected chi connectivity index (χ2v) is 10.0. The molecular weight excluding hydrogens is 316 g/mol. The Morgan fingerprint density at radius 2 is 1.81 bits per heavy atom. The first-order valence-corrected chi connectivity index (χ1v) is 9.52. The molecular formula is C16H22N2S3. The highest BCUT2D eigenvalue weighted by molar-refractivity contribution is 8.77. The summed E-state index contributed by atoms with van der Waals surface area (Å²) < 4.78 is 2.02. The summed E-state index contributed by atoms with van der Waals surface area (Å²) in [4.78, 5) is 1.18. The van der Waals surface area contributed by atoms with Crippen LogP contribution in [0.25, 0.3) is 0 Å². The first-order valence-electron chi connectivity index (χ1n) is 6.92. The highest BCUT2D eigenvalue weighted by Gasteiger charge is 2.34. The zero-order valence-electron chi connectivity index (χ0n) is 12.9. The summed E-state index contributed by atoms with van der Waals surface area (Å²) in [6.45, 7) is 9.58. The van der Waals surface area contributed by atoms with Crippen molar-refractivity contribution in [2.75, 3.05) is 0 Å². The lowest BCUT2D eigenvalue weighted by Crippen LogP contribution is -2.36. The van der Waals surface area contributed by atoms with Crippen LogP contribution < -0.4 is 0 Å². The minimum absolute atomic E-state index is 0.0370. The number of thiol groups is 1. The molecule has 0 fully saturated rings. The molecule has 0 aliphatic rings. The molecule has 2 rings (SSSR count). The predicted octanol–water partition coefficient (Wildman–Crippen LogP) is 5.16. The van der Waals surface area contributed by atoms with Crippen molar-refractivity contribution in [2.24, 2.45) is 0 Å². The van der Waals surface area contributed by atoms with Gasteiger partial charge < -0.3 is 0 Å². The van der Waals surface area contributed by atoms with E-state index in [2.05, 4.69) is 63.3 Å². The van der Waals surface area contributed by atoms with Crippen LogP contribution in [0.15, 0.2) is 47.6 Å². The maximum absolute atomic E-state index is 4.70. The van der Waals surface area contributed by atoms with Crippen molar-refractivity contribution in [1.82, 2.24) is 9.78 Å². The second kappa shape index (κ2) is 6.71. The van der Waals surface area contributed by atoms with E-state index in [0.717, 1.165) is 6.54 Å². The smallest absolute Gasteiger partial charge is 0.0659 e. The highest BCUT2D eigenvalue weighted by Crippen LogP contribution is 2.48. The predicted molar refractivity (Wildman–Crippen MR) is 98.4 cm³/mol. The van der Waals surface area contributed by atoms with Crippen molar-refractivity contribution in [2.45, 2.75) is 48.6 Å². The van der Waals surface area contributed by atoms with Crippen molar-refractivity contribution in [3.63, 3.8) is 0 Å². The third-order valence-corrected chi connectivity index (χ3v) is 7.82. The van der Waals surface area contributed by atoms with Crippen LogP contribution in [-0.2, 0) is 6.54 Å². The maximum Gasteiger partial charge on any atom is 0.0659 e. The number of nitrogens with zero attached hydrogens (tertiary/aromatic N) is 2. The van der Waals surface area contributed by atoms with Gasteiger partial charge in [0.05, 0.1) is 17.6 Å². The van der Waals surface area contributed by atoms with Crippen LogP contribution in [0.3, 0.4) is 0 Å². The van der Waals surface area contributed by atoms with Gasteiger partial charge in [-0.1, -0.05) is 51.9 Å². The van der Waals surface area contributed by atoms with E-state index < -0.39 is 0 Å². The normalized spacial score (nSPS) is 12.6. The Hall–Kier alpha value is -0.520. The van der Waals surface area contributed by atoms with Crippen molar-refractivity contribution in [3.8, 4) is 0 Å². The summed E-state index contributed by atoms with van der Waals surface area (Å²) in [6, 6.07) is 10.4. The fraction of sp³-hybridized carbons (Fsp3) is 0.438. The van der Waals surface area contributed by atoms with Gasteiger partial charge in [0.25, 0.3) is 0 Å². The maximum atomic E-state index is 4.70. The van der Waals surface area contributed by atoms with Gasteiger partial charge in [0.15, 0.2) is 0 Å². The van der Waals surface area contributed by atoms with Crippen LogP contribution in [0, 0.1) is 0 Å². The summed E-state index contributed by atoms with van der Waals surface area (Å²) in [5, 5.41) is 4.44. The van der Waals surface area contributed by atoms with Crippen LogP contribution in [0.5, 0.6) is 0 Å². The van der Waals surface area contributed by atoms with Crippen molar-refractivity contribution < 1.29 is 0 Å². The number of benzene rings is 1. The average molecular weight is 339 g/mol. The first-order chi connectivity index (χ1) is 9.78. The molecule has 0 saturated carbocycles. The number of aromatic nitrogens is 2. The zero-order valence-corrected chi connectivity index (χ0v) is 15.4. The van der Waals surface area contributed by atoms with Crippen LogP contribution in [0.2, 0.25) is 0 Å². The minimum Gasteiger partial charge on any atom is -0.267 e. The summed E-state index contributed by atoms with van der Waals surface area (Å²) in [5.41, 5.74) is 1.27. The number of rotatable bonds is 6. The summed E-state index contributed by atoms with van der Waals surface area (Å²) >= 11 is 4.70. The molecule has 1 heterocycles. The third kappa shape index (κ3) is 4.73. The molecule has 0 bridgehead atoms. The number of hydrogen-bond donors (Lipinski definition) is 1. The van der Waals surface area contributed by atoms with E-state index in [0.29, 0.717) is 0 Å². The monoisotopic (exact) mass is 338 g/mol. The minimum atomic E-state index is -0.0370. The molecule has 0 N–H and O–H groups in total. The van der Waals surface area contributed by atoms with Gasteiger partial charge in [0, 0.05) is 15.7 Å². The standard InChI is InChI=1S/C16H22N2S3/c1-15(2,19)16(3,4)21-20-14-10-17-18(12-14)11-13-8-6-5-7-9-13/h5-10,12,19H,11H2,1-4H3. The van der Waals surface area contributed by atoms with Crippen LogP contribution >= 0.6 is 34.2 Å². The van der Waals surface area contributed by atoms with Crippen LogP contribution in [-0.4, -0.2) is 19.3 Å². The molecule has 0 saturated heterocycles. The Morgan fingerprint density at radius 1 is 1.14 bits per heavy atom. The highest BCUT2D eigenvalue weighted by atomic mass is 33.1. The summed E-state index contributed by atoms with van der Waals surface area (Å²) in [5.74, 6) is 0. The van der Waals surface area contributed by atoms with E-state index in [1.165, 1.54) is 10.5 Å². The SMILES string of the molecule is CC(C)(S)C(C)(C)SSc1cnn(Cc2ccccc2)c1. The molecule has 5 heteroatoms. The zero-order chi connectivity index (χ0) is 15.5. The number of hydrogen-bond acceptors (Lipinski definition) is 4. The van der Waals surface area contributed by atoms with Gasteiger partial charge >= 0.3 is 0 Å². The molecule has 0 radical (unpaired) electrons. The van der Waals surface area contributed by atoms with Gasteiger partial charge in [-0.2, -0.15) is 17.7 Å². The molecule has 1 aromatic heterocycles. The Kier molecular flexibility index (Phi) is 5.38. The van der Waals surface area contributed by atoms with Gasteiger partial charge in [0.1, 0.15) is 0 Å². The van der Waals surface area contributed by atoms with Gasteiger partial charge in [-0.3, -0.25) is 4.68 Å². The molecule has 2 aromatic rings. The fourth-order valence-corrected chi connectivity index (χ4v) is 4.38. The van der Waals surface area contributed by atoms with Gasteiger partial charge in [-0.25, -0.2) is 0 Å². The van der Waals surface area contributed by atoms with E-state index in [1.54, 1.807) is 10.8 Å². The molecule has 0 aliphatic heterocycles. The first kappa shape index (κ1) is 16.8. The molecule has 0 amide bonds.